The zero-order valence-electron chi connectivity index (χ0n) is 18.9. The molecule has 1 atom stereocenters. The number of aromatic nitrogens is 1. The standard InChI is InChI=1S/C25H24FN5O2S/c1-15-5-6-29-25(31-14-16(9-20(26)23(15)31)17(11-27)12-28-2)34-18-3-4-21-19(10-18)24-22(13-30-21)32-7-8-33-24/h3-4,9-14,17,27H,5-8H2,1-2H3. The van der Waals surface area contributed by atoms with Crippen molar-refractivity contribution in [3.8, 4) is 11.5 Å². The van der Waals surface area contributed by atoms with Crippen molar-refractivity contribution < 1.29 is 13.9 Å². The van der Waals surface area contributed by atoms with Crippen molar-refractivity contribution in [3.63, 3.8) is 0 Å². The van der Waals surface area contributed by atoms with Crippen LogP contribution in [0.4, 0.5) is 4.39 Å². The second-order valence-corrected chi connectivity index (χ2v) is 9.10. The highest BCUT2D eigenvalue weighted by atomic mass is 32.2. The fourth-order valence-electron chi connectivity index (χ4n) is 4.15. The molecule has 0 bridgehead atoms. The summed E-state index contributed by atoms with van der Waals surface area (Å²) in [6.07, 6.45) is 8.60. The third-order valence-electron chi connectivity index (χ3n) is 5.81. The average Bonchev–Trinajstić information content (AvgIpc) is 3.01. The van der Waals surface area contributed by atoms with Crippen molar-refractivity contribution in [2.24, 2.45) is 15.9 Å². The maximum absolute atomic E-state index is 15.3. The lowest BCUT2D eigenvalue weighted by atomic mass is 9.97. The number of fused-ring (bicyclic) bond motifs is 4. The normalized spacial score (nSPS) is 18.8. The fourth-order valence-corrected chi connectivity index (χ4v) is 5.07. The van der Waals surface area contributed by atoms with Gasteiger partial charge in [0.2, 0.25) is 0 Å². The van der Waals surface area contributed by atoms with Gasteiger partial charge in [-0.05, 0) is 48.8 Å². The van der Waals surface area contributed by atoms with E-state index in [2.05, 4.69) is 9.98 Å². The molecule has 4 heterocycles. The molecule has 2 aromatic rings. The van der Waals surface area contributed by atoms with Crippen LogP contribution in [0.15, 0.2) is 74.2 Å². The third kappa shape index (κ3) is 4.11. The molecule has 1 aromatic heterocycles. The summed E-state index contributed by atoms with van der Waals surface area (Å²) >= 11 is 1.46. The first-order valence-corrected chi connectivity index (χ1v) is 11.8. The van der Waals surface area contributed by atoms with Gasteiger partial charge < -0.3 is 14.9 Å². The van der Waals surface area contributed by atoms with Gasteiger partial charge in [0.25, 0.3) is 0 Å². The van der Waals surface area contributed by atoms with Crippen LogP contribution in [0.3, 0.4) is 0 Å². The molecule has 9 heteroatoms. The lowest BCUT2D eigenvalue weighted by Crippen LogP contribution is -2.27. The number of nitrogens with one attached hydrogen (secondary N) is 1. The fraction of sp³-hybridized carbons (Fsp3) is 0.280. The molecule has 34 heavy (non-hydrogen) atoms. The van der Waals surface area contributed by atoms with Crippen molar-refractivity contribution in [2.45, 2.75) is 18.2 Å². The van der Waals surface area contributed by atoms with E-state index >= 15 is 4.39 Å². The number of nitrogens with zero attached hydrogens (tertiary/aromatic N) is 4. The van der Waals surface area contributed by atoms with Gasteiger partial charge in [0.1, 0.15) is 19.0 Å². The van der Waals surface area contributed by atoms with Gasteiger partial charge in [-0.15, -0.1) is 0 Å². The largest absolute Gasteiger partial charge is 0.485 e. The maximum atomic E-state index is 15.3. The lowest BCUT2D eigenvalue weighted by molar-refractivity contribution is 0.173. The Morgan fingerprint density at radius 2 is 2.15 bits per heavy atom. The van der Waals surface area contributed by atoms with Gasteiger partial charge in [0.05, 0.1) is 23.3 Å². The van der Waals surface area contributed by atoms with Gasteiger partial charge in [-0.2, -0.15) is 0 Å². The molecule has 174 valence electrons. The molecule has 0 fully saturated rings. The van der Waals surface area contributed by atoms with E-state index in [4.69, 9.17) is 19.9 Å². The number of amidine groups is 1. The smallest absolute Gasteiger partial charge is 0.180 e. The summed E-state index contributed by atoms with van der Waals surface area (Å²) in [5, 5.41) is 9.29. The zero-order valence-corrected chi connectivity index (χ0v) is 19.7. The molecule has 1 unspecified atom stereocenters. The Labute approximate surface area is 201 Å². The molecular formula is C25H24FN5O2S. The summed E-state index contributed by atoms with van der Waals surface area (Å²) in [5.74, 6) is 0.589. The lowest BCUT2D eigenvalue weighted by Gasteiger charge is -2.29. The van der Waals surface area contributed by atoms with Gasteiger partial charge >= 0.3 is 0 Å². The van der Waals surface area contributed by atoms with Crippen LogP contribution in [0.1, 0.15) is 13.3 Å². The van der Waals surface area contributed by atoms with E-state index in [1.807, 2.05) is 31.3 Å². The Balaban J connectivity index is 1.54. The van der Waals surface area contributed by atoms with Crippen LogP contribution < -0.4 is 9.47 Å². The van der Waals surface area contributed by atoms with Crippen molar-refractivity contribution in [3.05, 3.63) is 59.3 Å². The summed E-state index contributed by atoms with van der Waals surface area (Å²) in [4.78, 5) is 16.0. The Morgan fingerprint density at radius 1 is 1.29 bits per heavy atom. The highest BCUT2D eigenvalue weighted by Crippen LogP contribution is 2.40. The van der Waals surface area contributed by atoms with E-state index < -0.39 is 5.92 Å². The number of allylic oxidation sites excluding steroid dienone is 3. The minimum atomic E-state index is -0.414. The average molecular weight is 478 g/mol. The van der Waals surface area contributed by atoms with Crippen LogP contribution in [0.25, 0.3) is 10.9 Å². The van der Waals surface area contributed by atoms with Gasteiger partial charge in [0, 0.05) is 42.5 Å². The topological polar surface area (TPSA) is 83.2 Å². The van der Waals surface area contributed by atoms with Gasteiger partial charge in [-0.1, -0.05) is 11.8 Å². The highest BCUT2D eigenvalue weighted by molar-refractivity contribution is 8.13. The predicted octanol–water partition coefficient (Wildman–Crippen LogP) is 5.15. The van der Waals surface area contributed by atoms with E-state index in [1.165, 1.54) is 24.1 Å². The molecule has 1 N–H and O–H groups in total. The van der Waals surface area contributed by atoms with E-state index in [0.29, 0.717) is 54.1 Å². The Bertz CT molecular complexity index is 1310. The number of rotatable bonds is 4. The summed E-state index contributed by atoms with van der Waals surface area (Å²) in [6.45, 7) is 3.50. The van der Waals surface area contributed by atoms with E-state index in [9.17, 15) is 0 Å². The van der Waals surface area contributed by atoms with E-state index in [1.54, 1.807) is 24.4 Å². The zero-order chi connectivity index (χ0) is 23.7. The van der Waals surface area contributed by atoms with Crippen LogP contribution in [-0.2, 0) is 0 Å². The van der Waals surface area contributed by atoms with Crippen LogP contribution in [0.5, 0.6) is 11.5 Å². The molecule has 3 aliphatic heterocycles. The van der Waals surface area contributed by atoms with Crippen molar-refractivity contribution in [1.29, 1.82) is 5.41 Å². The van der Waals surface area contributed by atoms with Crippen molar-refractivity contribution in [1.82, 2.24) is 9.88 Å². The van der Waals surface area contributed by atoms with Crippen LogP contribution >= 0.6 is 11.8 Å². The van der Waals surface area contributed by atoms with Gasteiger partial charge in [-0.25, -0.2) is 4.39 Å². The molecule has 7 nitrogen and oxygen atoms in total. The summed E-state index contributed by atoms with van der Waals surface area (Å²) in [6, 6.07) is 5.93. The maximum Gasteiger partial charge on any atom is 0.180 e. The van der Waals surface area contributed by atoms with Crippen molar-refractivity contribution in [2.75, 3.05) is 26.8 Å². The summed E-state index contributed by atoms with van der Waals surface area (Å²) < 4.78 is 26.9. The number of hydrogen-bond acceptors (Lipinski definition) is 8. The number of aliphatic imine (C=N–C) groups is 2. The predicted molar refractivity (Wildman–Crippen MR) is 134 cm³/mol. The Hall–Kier alpha value is -3.46. The molecule has 0 aliphatic carbocycles. The van der Waals surface area contributed by atoms with Gasteiger partial charge in [-0.3, -0.25) is 19.9 Å². The second-order valence-electron chi connectivity index (χ2n) is 8.06. The molecule has 0 spiro atoms. The molecule has 0 radical (unpaired) electrons. The molecule has 5 rings (SSSR count). The minimum absolute atomic E-state index is 0.330. The monoisotopic (exact) mass is 477 g/mol. The number of pyridine rings is 1. The first-order chi connectivity index (χ1) is 16.6. The summed E-state index contributed by atoms with van der Waals surface area (Å²) in [5.41, 5.74) is 2.91. The van der Waals surface area contributed by atoms with Crippen LogP contribution in [-0.4, -0.2) is 54.3 Å². The summed E-state index contributed by atoms with van der Waals surface area (Å²) in [7, 11) is 1.65. The third-order valence-corrected chi connectivity index (χ3v) is 6.81. The highest BCUT2D eigenvalue weighted by Gasteiger charge is 2.29. The molecule has 0 amide bonds. The minimum Gasteiger partial charge on any atom is -0.485 e. The van der Waals surface area contributed by atoms with Crippen molar-refractivity contribution >= 4 is 40.3 Å². The first kappa shape index (κ1) is 22.3. The van der Waals surface area contributed by atoms with Crippen LogP contribution in [0, 0.1) is 11.3 Å². The second kappa shape index (κ2) is 9.42. The number of thioether (sulfide) groups is 1. The van der Waals surface area contributed by atoms with Crippen LogP contribution in [0.2, 0.25) is 0 Å². The molecule has 1 aromatic carbocycles. The van der Waals surface area contributed by atoms with Gasteiger partial charge in [0.15, 0.2) is 16.7 Å². The van der Waals surface area contributed by atoms with E-state index in [0.717, 1.165) is 21.4 Å². The Kier molecular flexibility index (Phi) is 6.19. The van der Waals surface area contributed by atoms with E-state index in [-0.39, 0.29) is 5.83 Å². The molecule has 0 saturated heterocycles. The SMILES string of the molecule is CN=CC(C=N)C1=CN2C(Sc3ccc4ncc5c(c4c3)OCCO5)=NCCC(C)=C2C(F)=C1. The number of benzene rings is 1. The number of ether oxygens (including phenoxy) is 2. The number of halogens is 1. The molecule has 3 aliphatic rings. The Morgan fingerprint density at radius 3 is 2.97 bits per heavy atom. The first-order valence-electron chi connectivity index (χ1n) is 11.0. The quantitative estimate of drug-likeness (QED) is 0.616. The number of hydrogen-bond donors (Lipinski definition) is 1. The molecular weight excluding hydrogens is 453 g/mol. The molecule has 0 saturated carbocycles.